The highest BCUT2D eigenvalue weighted by molar-refractivity contribution is 5.46. The van der Waals surface area contributed by atoms with Crippen LogP contribution >= 0.6 is 0 Å². The Morgan fingerprint density at radius 2 is 1.56 bits per heavy atom. The zero-order valence-corrected chi connectivity index (χ0v) is 12.2. The zero-order chi connectivity index (χ0) is 12.8. The minimum atomic E-state index is 0. The minimum absolute atomic E-state index is 0. The average molecular weight is 276 g/mol. The van der Waals surface area contributed by atoms with Gasteiger partial charge in [0.25, 0.3) is 0 Å². The van der Waals surface area contributed by atoms with Crippen molar-refractivity contribution in [2.75, 3.05) is 21.3 Å². The molecule has 0 fully saturated rings. The molecule has 0 aliphatic rings. The molecule has 1 aromatic rings. The Kier molecular flexibility index (Phi) is 7.75. The topological polar surface area (TPSA) is 55.3 Å². The van der Waals surface area contributed by atoms with Crippen LogP contribution in [0.1, 0.15) is 18.1 Å². The van der Waals surface area contributed by atoms with E-state index < -0.39 is 0 Å². The highest BCUT2D eigenvalue weighted by Crippen LogP contribution is 2.29. The Balaban J connectivity index is 0.00000289. The van der Waals surface area contributed by atoms with Crippen LogP contribution in [0.2, 0.25) is 0 Å². The van der Waals surface area contributed by atoms with Gasteiger partial charge in [0.2, 0.25) is 0 Å². The molecule has 0 spiro atoms. The van der Waals surface area contributed by atoms with Crippen molar-refractivity contribution in [3.63, 3.8) is 0 Å². The molecular formula is C13H22ClNO3. The maximum Gasteiger partial charge on any atom is 0.124 e. The second kappa shape index (κ2) is 8.19. The van der Waals surface area contributed by atoms with Crippen molar-refractivity contribution in [1.29, 1.82) is 0 Å². The molecule has 5 heteroatoms. The molecule has 3 N–H and O–H groups in total. The third kappa shape index (κ3) is 4.37. The first-order chi connectivity index (χ1) is 8.12. The van der Waals surface area contributed by atoms with E-state index in [9.17, 15) is 0 Å². The fourth-order valence-electron chi connectivity index (χ4n) is 1.83. The summed E-state index contributed by atoms with van der Waals surface area (Å²) in [5.41, 5.74) is 6.11. The molecule has 0 aliphatic heterocycles. The Morgan fingerprint density at radius 3 is 2.00 bits per heavy atom. The molecule has 0 radical (unpaired) electrons. The fourth-order valence-corrected chi connectivity index (χ4v) is 1.83. The van der Waals surface area contributed by atoms with E-state index in [-0.39, 0.29) is 12.4 Å². The molecule has 1 aromatic carbocycles. The standard InChI is InChI=1S/C13H21NO3.ClH/c1-9(14)5-10-6-13(17-4)11(8-15-2)7-12(10)16-3;/h6-7,9H,5,8,14H2,1-4H3;1H. The van der Waals surface area contributed by atoms with Crippen molar-refractivity contribution < 1.29 is 32.4 Å². The lowest BCUT2D eigenvalue weighted by Gasteiger charge is -2.15. The molecule has 0 aliphatic carbocycles. The first-order valence-corrected chi connectivity index (χ1v) is 5.68. The normalized spacial score (nSPS) is 11.6. The minimum Gasteiger partial charge on any atom is -1.00 e. The van der Waals surface area contributed by atoms with Crippen LogP contribution in [0.5, 0.6) is 11.5 Å². The van der Waals surface area contributed by atoms with Crippen LogP contribution in [0.3, 0.4) is 0 Å². The number of hydrogen-bond acceptors (Lipinski definition) is 3. The first-order valence-electron chi connectivity index (χ1n) is 5.68. The number of rotatable bonds is 6. The second-order valence-electron chi connectivity index (χ2n) is 4.22. The summed E-state index contributed by atoms with van der Waals surface area (Å²) in [6.07, 6.45) is 0.868. The number of methoxy groups -OCH3 is 3. The molecular weight excluding hydrogens is 254 g/mol. The molecule has 0 amide bonds. The predicted octanol–water partition coefficient (Wildman–Crippen LogP) is -1.97. The quantitative estimate of drug-likeness (QED) is 0.655. The molecule has 0 heterocycles. The van der Waals surface area contributed by atoms with Crippen LogP contribution in [0.4, 0.5) is 0 Å². The summed E-state index contributed by atoms with van der Waals surface area (Å²) in [6, 6.07) is 4.32. The lowest BCUT2D eigenvalue weighted by molar-refractivity contribution is -0.413. The van der Waals surface area contributed by atoms with Crippen LogP contribution in [0, 0.1) is 0 Å². The highest BCUT2D eigenvalue weighted by atomic mass is 35.5. The number of halogens is 1. The van der Waals surface area contributed by atoms with Gasteiger partial charge in [0.1, 0.15) is 11.5 Å². The van der Waals surface area contributed by atoms with E-state index in [4.69, 9.17) is 14.2 Å². The van der Waals surface area contributed by atoms with Gasteiger partial charge in [-0.3, -0.25) is 0 Å². The third-order valence-corrected chi connectivity index (χ3v) is 2.55. The van der Waals surface area contributed by atoms with Crippen molar-refractivity contribution in [2.45, 2.75) is 26.0 Å². The van der Waals surface area contributed by atoms with Gasteiger partial charge < -0.3 is 32.4 Å². The van der Waals surface area contributed by atoms with Gasteiger partial charge in [0.05, 0.1) is 26.9 Å². The summed E-state index contributed by atoms with van der Waals surface area (Å²) in [4.78, 5) is 0. The van der Waals surface area contributed by atoms with Crippen LogP contribution in [0.25, 0.3) is 0 Å². The molecule has 0 saturated heterocycles. The van der Waals surface area contributed by atoms with Gasteiger partial charge in [0, 0.05) is 24.7 Å². The Bertz CT molecular complexity index is 369. The monoisotopic (exact) mass is 275 g/mol. The maximum atomic E-state index is 5.39. The number of benzene rings is 1. The van der Waals surface area contributed by atoms with Crippen molar-refractivity contribution >= 4 is 0 Å². The first kappa shape index (κ1) is 17.0. The van der Waals surface area contributed by atoms with Gasteiger partial charge >= 0.3 is 0 Å². The second-order valence-corrected chi connectivity index (χ2v) is 4.22. The van der Waals surface area contributed by atoms with E-state index in [0.717, 1.165) is 29.0 Å². The summed E-state index contributed by atoms with van der Waals surface area (Å²) in [7, 11) is 5.01. The van der Waals surface area contributed by atoms with E-state index in [1.807, 2.05) is 12.1 Å². The van der Waals surface area contributed by atoms with E-state index in [1.54, 1.807) is 21.3 Å². The summed E-state index contributed by atoms with van der Waals surface area (Å²) < 4.78 is 15.9. The number of ether oxygens (including phenoxy) is 3. The van der Waals surface area contributed by atoms with Gasteiger partial charge in [-0.05, 0) is 19.1 Å². The van der Waals surface area contributed by atoms with Gasteiger partial charge in [-0.15, -0.1) is 0 Å². The van der Waals surface area contributed by atoms with Gasteiger partial charge in [0.15, 0.2) is 0 Å². The largest absolute Gasteiger partial charge is 1.00 e. The Morgan fingerprint density at radius 1 is 1.06 bits per heavy atom. The molecule has 0 aromatic heterocycles. The third-order valence-electron chi connectivity index (χ3n) is 2.55. The van der Waals surface area contributed by atoms with Crippen LogP contribution in [-0.4, -0.2) is 27.4 Å². The van der Waals surface area contributed by atoms with Gasteiger partial charge in [-0.25, -0.2) is 0 Å². The molecule has 0 saturated carbocycles. The van der Waals surface area contributed by atoms with E-state index in [1.165, 1.54) is 0 Å². The summed E-state index contributed by atoms with van der Waals surface area (Å²) in [5, 5.41) is 0. The molecule has 4 nitrogen and oxygen atoms in total. The van der Waals surface area contributed by atoms with Crippen LogP contribution in [0.15, 0.2) is 12.1 Å². The van der Waals surface area contributed by atoms with Crippen molar-refractivity contribution in [3.05, 3.63) is 23.3 Å². The number of quaternary nitrogens is 1. The predicted molar refractivity (Wildman–Crippen MR) is 66.3 cm³/mol. The van der Waals surface area contributed by atoms with Crippen molar-refractivity contribution in [1.82, 2.24) is 0 Å². The van der Waals surface area contributed by atoms with Gasteiger partial charge in [-0.2, -0.15) is 0 Å². The van der Waals surface area contributed by atoms with Crippen LogP contribution in [-0.2, 0) is 17.8 Å². The van der Waals surface area contributed by atoms with E-state index >= 15 is 0 Å². The molecule has 1 atom stereocenters. The summed E-state index contributed by atoms with van der Waals surface area (Å²) in [6.45, 7) is 2.59. The molecule has 1 unspecified atom stereocenters. The van der Waals surface area contributed by atoms with Crippen LogP contribution < -0.4 is 27.6 Å². The van der Waals surface area contributed by atoms with Crippen molar-refractivity contribution in [3.8, 4) is 11.5 Å². The number of hydrogen-bond donors (Lipinski definition) is 1. The molecule has 18 heavy (non-hydrogen) atoms. The van der Waals surface area contributed by atoms with Gasteiger partial charge in [-0.1, -0.05) is 0 Å². The van der Waals surface area contributed by atoms with Crippen molar-refractivity contribution in [2.24, 2.45) is 0 Å². The molecule has 1 rings (SSSR count). The highest BCUT2D eigenvalue weighted by Gasteiger charge is 2.13. The SMILES string of the molecule is COCc1cc(OC)c(CC(C)[NH3+])cc1OC.[Cl-]. The average Bonchev–Trinajstić information content (AvgIpc) is 2.30. The Labute approximate surface area is 115 Å². The smallest absolute Gasteiger partial charge is 0.124 e. The van der Waals surface area contributed by atoms with E-state index in [2.05, 4.69) is 12.7 Å². The summed E-state index contributed by atoms with van der Waals surface area (Å²) >= 11 is 0. The molecule has 0 bridgehead atoms. The maximum absolute atomic E-state index is 5.39. The fraction of sp³-hybridized carbons (Fsp3) is 0.538. The lowest BCUT2D eigenvalue weighted by atomic mass is 10.0. The van der Waals surface area contributed by atoms with E-state index in [0.29, 0.717) is 12.6 Å². The summed E-state index contributed by atoms with van der Waals surface area (Å²) in [5.74, 6) is 1.71. The lowest BCUT2D eigenvalue weighted by Crippen LogP contribution is -3.00. The zero-order valence-electron chi connectivity index (χ0n) is 11.5. The molecule has 104 valence electrons. The Hall–Kier alpha value is -0.970.